The van der Waals surface area contributed by atoms with Crippen LogP contribution < -0.4 is 4.74 Å². The van der Waals surface area contributed by atoms with E-state index in [0.717, 1.165) is 0 Å². The highest BCUT2D eigenvalue weighted by molar-refractivity contribution is 5.97. The maximum Gasteiger partial charge on any atom is 0.423 e. The number of rotatable bonds is 5. The molecule has 1 aromatic carbocycles. The smallest absolute Gasteiger partial charge is 0.423 e. The summed E-state index contributed by atoms with van der Waals surface area (Å²) in [5, 5.41) is 0. The molecule has 0 unspecified atom stereocenters. The number of carbonyl (C=O) groups excluding carboxylic acids is 1. The lowest BCUT2D eigenvalue weighted by Gasteiger charge is -2.22. The molecule has 0 amide bonds. The predicted octanol–water partition coefficient (Wildman–Crippen LogP) is 3.39. The Labute approximate surface area is 115 Å². The largest absolute Gasteiger partial charge is 0.497 e. The van der Waals surface area contributed by atoms with E-state index < -0.39 is 30.8 Å². The van der Waals surface area contributed by atoms with E-state index in [1.165, 1.54) is 31.4 Å². The second-order valence-corrected chi connectivity index (χ2v) is 3.93. The number of carbonyl (C=O) groups is 1. The SMILES string of the molecule is COc1cccc(C(=O)COC(C(F)(F)F)C(F)(F)F)c1. The molecule has 0 aliphatic heterocycles. The van der Waals surface area contributed by atoms with E-state index in [2.05, 4.69) is 4.74 Å². The zero-order chi connectivity index (χ0) is 16.3. The number of methoxy groups -OCH3 is 1. The van der Waals surface area contributed by atoms with Crippen LogP contribution in [0.3, 0.4) is 0 Å². The summed E-state index contributed by atoms with van der Waals surface area (Å²) >= 11 is 0. The molecule has 118 valence electrons. The van der Waals surface area contributed by atoms with Crippen LogP contribution in [0.1, 0.15) is 10.4 Å². The number of hydrogen-bond acceptors (Lipinski definition) is 3. The third-order valence-electron chi connectivity index (χ3n) is 2.37. The van der Waals surface area contributed by atoms with Gasteiger partial charge in [-0.05, 0) is 12.1 Å². The van der Waals surface area contributed by atoms with Crippen molar-refractivity contribution in [1.82, 2.24) is 0 Å². The molecule has 0 saturated carbocycles. The quantitative estimate of drug-likeness (QED) is 0.617. The van der Waals surface area contributed by atoms with Crippen molar-refractivity contribution in [2.75, 3.05) is 13.7 Å². The molecule has 0 saturated heterocycles. The fourth-order valence-corrected chi connectivity index (χ4v) is 1.41. The van der Waals surface area contributed by atoms with Gasteiger partial charge < -0.3 is 9.47 Å². The van der Waals surface area contributed by atoms with Crippen molar-refractivity contribution in [3.63, 3.8) is 0 Å². The molecule has 0 N–H and O–H groups in total. The summed E-state index contributed by atoms with van der Waals surface area (Å²) in [6.45, 7) is -1.35. The minimum Gasteiger partial charge on any atom is -0.497 e. The molecule has 0 radical (unpaired) electrons. The van der Waals surface area contributed by atoms with Gasteiger partial charge in [0.25, 0.3) is 0 Å². The first kappa shape index (κ1) is 17.3. The van der Waals surface area contributed by atoms with E-state index in [-0.39, 0.29) is 11.3 Å². The van der Waals surface area contributed by atoms with Gasteiger partial charge in [0, 0.05) is 5.56 Å². The van der Waals surface area contributed by atoms with Gasteiger partial charge >= 0.3 is 12.4 Å². The fraction of sp³-hybridized carbons (Fsp3) is 0.417. The van der Waals surface area contributed by atoms with E-state index in [4.69, 9.17) is 4.74 Å². The highest BCUT2D eigenvalue weighted by Crippen LogP contribution is 2.35. The van der Waals surface area contributed by atoms with Gasteiger partial charge in [-0.1, -0.05) is 12.1 Å². The van der Waals surface area contributed by atoms with E-state index in [0.29, 0.717) is 0 Å². The van der Waals surface area contributed by atoms with Gasteiger partial charge in [0.1, 0.15) is 12.4 Å². The lowest BCUT2D eigenvalue weighted by molar-refractivity contribution is -0.319. The molecule has 3 nitrogen and oxygen atoms in total. The van der Waals surface area contributed by atoms with Crippen LogP contribution >= 0.6 is 0 Å². The Kier molecular flexibility index (Phi) is 5.21. The van der Waals surface area contributed by atoms with Gasteiger partial charge in [0.15, 0.2) is 5.78 Å². The first-order valence-corrected chi connectivity index (χ1v) is 5.48. The van der Waals surface area contributed by atoms with Crippen LogP contribution in [0, 0.1) is 0 Å². The number of Topliss-reactive ketones (excluding diaryl/α,β-unsaturated/α-hetero) is 1. The summed E-state index contributed by atoms with van der Waals surface area (Å²) in [6, 6.07) is 5.25. The van der Waals surface area contributed by atoms with Crippen LogP contribution in [-0.4, -0.2) is 38.0 Å². The van der Waals surface area contributed by atoms with Gasteiger partial charge in [0.2, 0.25) is 6.10 Å². The van der Waals surface area contributed by atoms with Crippen LogP contribution in [0.4, 0.5) is 26.3 Å². The third kappa shape index (κ3) is 4.92. The highest BCUT2D eigenvalue weighted by atomic mass is 19.4. The van der Waals surface area contributed by atoms with Gasteiger partial charge in [-0.15, -0.1) is 0 Å². The van der Waals surface area contributed by atoms with E-state index in [9.17, 15) is 31.1 Å². The van der Waals surface area contributed by atoms with E-state index in [1.54, 1.807) is 0 Å². The molecule has 0 bridgehead atoms. The minimum absolute atomic E-state index is 0.113. The van der Waals surface area contributed by atoms with Gasteiger partial charge in [-0.3, -0.25) is 4.79 Å². The number of halogens is 6. The molecule has 0 aliphatic rings. The Bertz CT molecular complexity index is 481. The Balaban J connectivity index is 2.78. The molecule has 0 atom stereocenters. The summed E-state index contributed by atoms with van der Waals surface area (Å²) in [7, 11) is 1.30. The number of ketones is 1. The molecule has 21 heavy (non-hydrogen) atoms. The van der Waals surface area contributed by atoms with Crippen molar-refractivity contribution in [3.05, 3.63) is 29.8 Å². The number of benzene rings is 1. The second-order valence-electron chi connectivity index (χ2n) is 3.93. The summed E-state index contributed by atoms with van der Waals surface area (Å²) in [5.74, 6) is -0.781. The predicted molar refractivity (Wildman–Crippen MR) is 59.2 cm³/mol. The average Bonchev–Trinajstić information content (AvgIpc) is 2.35. The van der Waals surface area contributed by atoms with Crippen molar-refractivity contribution in [1.29, 1.82) is 0 Å². The molecular weight excluding hydrogens is 306 g/mol. The molecule has 0 heterocycles. The molecule has 0 aromatic heterocycles. The number of hydrogen-bond donors (Lipinski definition) is 0. The van der Waals surface area contributed by atoms with Crippen molar-refractivity contribution >= 4 is 5.78 Å². The standard InChI is InChI=1S/C12H10F6O3/c1-20-8-4-2-3-7(5-8)9(19)6-21-10(11(13,14)15)12(16,17)18/h2-5,10H,6H2,1H3. The Morgan fingerprint density at radius 3 is 2.19 bits per heavy atom. The van der Waals surface area contributed by atoms with Crippen molar-refractivity contribution in [3.8, 4) is 5.75 Å². The Morgan fingerprint density at radius 2 is 1.71 bits per heavy atom. The molecule has 0 aliphatic carbocycles. The van der Waals surface area contributed by atoms with Crippen LogP contribution in [-0.2, 0) is 4.74 Å². The lowest BCUT2D eigenvalue weighted by Crippen LogP contribution is -2.45. The maximum atomic E-state index is 12.2. The average molecular weight is 316 g/mol. The third-order valence-corrected chi connectivity index (χ3v) is 2.37. The monoisotopic (exact) mass is 316 g/mol. The number of ether oxygens (including phenoxy) is 2. The summed E-state index contributed by atoms with van der Waals surface area (Å²) in [4.78, 5) is 11.6. The zero-order valence-corrected chi connectivity index (χ0v) is 10.6. The topological polar surface area (TPSA) is 35.5 Å². The first-order valence-electron chi connectivity index (χ1n) is 5.48. The van der Waals surface area contributed by atoms with Crippen LogP contribution in [0.2, 0.25) is 0 Å². The Morgan fingerprint density at radius 1 is 1.14 bits per heavy atom. The summed E-state index contributed by atoms with van der Waals surface area (Å²) < 4.78 is 81.8. The van der Waals surface area contributed by atoms with Crippen molar-refractivity contribution in [2.45, 2.75) is 18.5 Å². The van der Waals surface area contributed by atoms with Gasteiger partial charge in [-0.2, -0.15) is 26.3 Å². The summed E-state index contributed by atoms with van der Waals surface area (Å²) in [6.07, 6.45) is -15.3. The number of alkyl halides is 6. The van der Waals surface area contributed by atoms with E-state index >= 15 is 0 Å². The van der Waals surface area contributed by atoms with Crippen molar-refractivity contribution in [2.24, 2.45) is 0 Å². The molecule has 1 aromatic rings. The fourth-order valence-electron chi connectivity index (χ4n) is 1.41. The molecule has 0 fully saturated rings. The Hall–Kier alpha value is -1.77. The zero-order valence-electron chi connectivity index (χ0n) is 10.6. The highest BCUT2D eigenvalue weighted by Gasteiger charge is 2.58. The molecule has 9 heteroatoms. The normalized spacial score (nSPS) is 12.6. The van der Waals surface area contributed by atoms with Crippen LogP contribution in [0.5, 0.6) is 5.75 Å². The second kappa shape index (κ2) is 6.33. The van der Waals surface area contributed by atoms with Gasteiger partial charge in [-0.25, -0.2) is 0 Å². The minimum atomic E-state index is -5.65. The molecular formula is C12H10F6O3. The lowest BCUT2D eigenvalue weighted by atomic mass is 10.1. The van der Waals surface area contributed by atoms with Gasteiger partial charge in [0.05, 0.1) is 7.11 Å². The van der Waals surface area contributed by atoms with E-state index in [1.807, 2.05) is 0 Å². The summed E-state index contributed by atoms with van der Waals surface area (Å²) in [5.41, 5.74) is -0.113. The molecule has 1 rings (SSSR count). The first-order chi connectivity index (χ1) is 9.55. The van der Waals surface area contributed by atoms with Crippen molar-refractivity contribution < 1.29 is 40.6 Å². The maximum absolute atomic E-state index is 12.2. The van der Waals surface area contributed by atoms with Crippen LogP contribution in [0.25, 0.3) is 0 Å². The van der Waals surface area contributed by atoms with Crippen LogP contribution in [0.15, 0.2) is 24.3 Å². The molecule has 0 spiro atoms.